The number of anilines is 1. The highest BCUT2D eigenvalue weighted by Crippen LogP contribution is 2.38. The normalized spacial score (nSPS) is 17.9. The number of ketones is 1. The molecule has 0 fully saturated rings. The molecule has 0 spiro atoms. The Hall–Kier alpha value is -2.72. The van der Waals surface area contributed by atoms with Gasteiger partial charge >= 0.3 is 12.4 Å². The van der Waals surface area contributed by atoms with Gasteiger partial charge in [-0.3, -0.25) is 4.79 Å². The largest absolute Gasteiger partial charge is 0.573 e. The van der Waals surface area contributed by atoms with Gasteiger partial charge in [0.2, 0.25) is 0 Å². The predicted molar refractivity (Wildman–Crippen MR) is 128 cm³/mol. The maximum atomic E-state index is 13.0. The van der Waals surface area contributed by atoms with E-state index in [1.165, 1.54) is 24.1 Å². The van der Waals surface area contributed by atoms with E-state index in [1.54, 1.807) is 36.0 Å². The number of urea groups is 1. The third-order valence-corrected chi connectivity index (χ3v) is 6.36. The van der Waals surface area contributed by atoms with Crippen LogP contribution in [-0.4, -0.2) is 47.5 Å². The van der Waals surface area contributed by atoms with E-state index in [4.69, 9.17) is 11.6 Å². The monoisotopic (exact) mass is 513 g/mol. The van der Waals surface area contributed by atoms with Gasteiger partial charge in [0.1, 0.15) is 11.5 Å². The molecule has 6 nitrogen and oxygen atoms in total. The molecule has 0 saturated carbocycles. The Morgan fingerprint density at radius 1 is 1.18 bits per heavy atom. The van der Waals surface area contributed by atoms with Crippen molar-refractivity contribution < 1.29 is 27.5 Å². The van der Waals surface area contributed by atoms with Gasteiger partial charge in [-0.25, -0.2) is 9.80 Å². The summed E-state index contributed by atoms with van der Waals surface area (Å²) in [7, 11) is 0. The minimum absolute atomic E-state index is 0.0514. The quantitative estimate of drug-likeness (QED) is 0.426. The first-order valence-corrected chi connectivity index (χ1v) is 12.1. The highest BCUT2D eigenvalue weighted by molar-refractivity contribution is 7.98. The van der Waals surface area contributed by atoms with Crippen LogP contribution < -0.4 is 10.1 Å². The summed E-state index contributed by atoms with van der Waals surface area (Å²) < 4.78 is 40.9. The molecule has 2 amide bonds. The third-order valence-electron chi connectivity index (χ3n) is 5.41. The lowest BCUT2D eigenvalue weighted by atomic mass is 9.73. The summed E-state index contributed by atoms with van der Waals surface area (Å²) in [5.41, 5.74) is 0.450. The Morgan fingerprint density at radius 2 is 1.82 bits per heavy atom. The van der Waals surface area contributed by atoms with Crippen LogP contribution in [0.15, 0.2) is 53.6 Å². The lowest BCUT2D eigenvalue weighted by Crippen LogP contribution is -2.42. The van der Waals surface area contributed by atoms with Crippen LogP contribution in [0.1, 0.15) is 25.3 Å². The van der Waals surface area contributed by atoms with Crippen LogP contribution in [0.5, 0.6) is 5.75 Å². The second-order valence-corrected chi connectivity index (χ2v) is 9.17. The van der Waals surface area contributed by atoms with Crippen LogP contribution in [0.3, 0.4) is 0 Å². The molecule has 11 heteroatoms. The SMILES string of the molecule is CSCCCC1(C(C)=O)CN(C(=O)Nc2ccc(OC(F)(F)F)cc2)N=C1c1ccc(Cl)cc1. The Balaban J connectivity index is 1.85. The van der Waals surface area contributed by atoms with Crippen molar-refractivity contribution in [2.45, 2.75) is 26.1 Å². The van der Waals surface area contributed by atoms with Crippen LogP contribution in [-0.2, 0) is 4.79 Å². The van der Waals surface area contributed by atoms with Crippen LogP contribution in [0.4, 0.5) is 23.7 Å². The molecule has 1 heterocycles. The smallest absolute Gasteiger partial charge is 0.406 e. The van der Waals surface area contributed by atoms with Gasteiger partial charge in [0.05, 0.1) is 17.7 Å². The number of hydrogen-bond donors (Lipinski definition) is 1. The van der Waals surface area contributed by atoms with Crippen LogP contribution in [0, 0.1) is 5.41 Å². The number of nitrogens with one attached hydrogen (secondary N) is 1. The summed E-state index contributed by atoms with van der Waals surface area (Å²) >= 11 is 7.68. The number of benzene rings is 2. The van der Waals surface area contributed by atoms with E-state index in [0.717, 1.165) is 24.3 Å². The Morgan fingerprint density at radius 3 is 2.38 bits per heavy atom. The molecule has 1 aliphatic rings. The van der Waals surface area contributed by atoms with Gasteiger partial charge in [0.25, 0.3) is 0 Å². The second-order valence-electron chi connectivity index (χ2n) is 7.75. The number of nitrogens with zero attached hydrogens (tertiary/aromatic N) is 2. The summed E-state index contributed by atoms with van der Waals surface area (Å²) in [6, 6.07) is 11.1. The number of ether oxygens (including phenoxy) is 1. The molecule has 1 aliphatic heterocycles. The van der Waals surface area contributed by atoms with E-state index in [9.17, 15) is 22.8 Å². The molecule has 2 aromatic rings. The fourth-order valence-corrected chi connectivity index (χ4v) is 4.30. The molecule has 0 aliphatic carbocycles. The number of amides is 2. The summed E-state index contributed by atoms with van der Waals surface area (Å²) in [6.45, 7) is 1.54. The summed E-state index contributed by atoms with van der Waals surface area (Å²) in [4.78, 5) is 25.9. The topological polar surface area (TPSA) is 71.0 Å². The first-order chi connectivity index (χ1) is 16.0. The molecule has 34 heavy (non-hydrogen) atoms. The average molecular weight is 514 g/mol. The van der Waals surface area contributed by atoms with Crippen molar-refractivity contribution in [3.05, 3.63) is 59.1 Å². The third kappa shape index (κ3) is 6.24. The van der Waals surface area contributed by atoms with Crippen molar-refractivity contribution in [1.82, 2.24) is 5.01 Å². The number of carbonyl (C=O) groups excluding carboxylic acids is 2. The molecule has 1 unspecified atom stereocenters. The standard InChI is InChI=1S/C23H23ClF3N3O3S/c1-15(31)22(12-3-13-34-2)14-30(29-20(22)16-4-6-17(24)7-5-16)21(32)28-18-8-10-19(11-9-18)33-23(25,26)27/h4-11H,3,12-14H2,1-2H3,(H,28,32). The lowest BCUT2D eigenvalue weighted by molar-refractivity contribution is -0.274. The maximum absolute atomic E-state index is 13.0. The van der Waals surface area contributed by atoms with Crippen molar-refractivity contribution in [3.63, 3.8) is 0 Å². The number of thioether (sulfide) groups is 1. The van der Waals surface area contributed by atoms with E-state index in [1.807, 2.05) is 6.26 Å². The number of halogens is 4. The predicted octanol–water partition coefficient (Wildman–Crippen LogP) is 6.21. The van der Waals surface area contributed by atoms with Gasteiger partial charge in [-0.05, 0) is 73.7 Å². The van der Waals surface area contributed by atoms with E-state index in [-0.39, 0.29) is 18.0 Å². The first-order valence-electron chi connectivity index (χ1n) is 10.3. The molecule has 0 bridgehead atoms. The Kier molecular flexibility index (Phi) is 8.14. The average Bonchev–Trinajstić information content (AvgIpc) is 3.16. The van der Waals surface area contributed by atoms with E-state index >= 15 is 0 Å². The van der Waals surface area contributed by atoms with Crippen molar-refractivity contribution in [1.29, 1.82) is 0 Å². The van der Waals surface area contributed by atoms with Gasteiger partial charge in [0.15, 0.2) is 0 Å². The molecule has 1 N–H and O–H groups in total. The molecule has 3 rings (SSSR count). The van der Waals surface area contributed by atoms with Crippen LogP contribution in [0.2, 0.25) is 5.02 Å². The van der Waals surface area contributed by atoms with Crippen molar-refractivity contribution in [2.24, 2.45) is 10.5 Å². The fraction of sp³-hybridized carbons (Fsp3) is 0.348. The number of rotatable bonds is 8. The molecule has 2 aromatic carbocycles. The zero-order valence-corrected chi connectivity index (χ0v) is 20.1. The molecule has 0 radical (unpaired) electrons. The first kappa shape index (κ1) is 25.9. The van der Waals surface area contributed by atoms with E-state index in [2.05, 4.69) is 15.2 Å². The molecule has 182 valence electrons. The lowest BCUT2D eigenvalue weighted by Gasteiger charge is -2.28. The summed E-state index contributed by atoms with van der Waals surface area (Å²) in [5, 5.41) is 8.82. The molecular formula is C23H23ClF3N3O3S. The summed E-state index contributed by atoms with van der Waals surface area (Å²) in [6.07, 6.45) is -1.56. The number of Topliss-reactive ketones (excluding diaryl/α,β-unsaturated/α-hetero) is 1. The van der Waals surface area contributed by atoms with Gasteiger partial charge in [-0.1, -0.05) is 23.7 Å². The Bertz CT molecular complexity index is 1060. The van der Waals surface area contributed by atoms with E-state index in [0.29, 0.717) is 22.7 Å². The van der Waals surface area contributed by atoms with E-state index < -0.39 is 23.6 Å². The van der Waals surface area contributed by atoms with Gasteiger partial charge in [-0.2, -0.15) is 16.9 Å². The number of alkyl halides is 3. The molecule has 0 saturated heterocycles. The maximum Gasteiger partial charge on any atom is 0.573 e. The minimum Gasteiger partial charge on any atom is -0.406 e. The number of carbonyl (C=O) groups is 2. The fourth-order valence-electron chi connectivity index (χ4n) is 3.74. The minimum atomic E-state index is -4.81. The van der Waals surface area contributed by atoms with Crippen LogP contribution >= 0.6 is 23.4 Å². The molecule has 0 aromatic heterocycles. The number of hydrogen-bond acceptors (Lipinski definition) is 5. The zero-order chi connectivity index (χ0) is 24.9. The van der Waals surface area contributed by atoms with Crippen molar-refractivity contribution in [3.8, 4) is 5.75 Å². The molecular weight excluding hydrogens is 491 g/mol. The van der Waals surface area contributed by atoms with Crippen LogP contribution in [0.25, 0.3) is 0 Å². The summed E-state index contributed by atoms with van der Waals surface area (Å²) in [5.74, 6) is 0.340. The highest BCUT2D eigenvalue weighted by atomic mass is 35.5. The van der Waals surface area contributed by atoms with Gasteiger partial charge < -0.3 is 10.1 Å². The van der Waals surface area contributed by atoms with Gasteiger partial charge in [0, 0.05) is 10.7 Å². The second kappa shape index (κ2) is 10.7. The van der Waals surface area contributed by atoms with Crippen molar-refractivity contribution in [2.75, 3.05) is 23.9 Å². The number of hydrazone groups is 1. The zero-order valence-electron chi connectivity index (χ0n) is 18.5. The van der Waals surface area contributed by atoms with Crippen molar-refractivity contribution >= 4 is 46.6 Å². The molecule has 1 atom stereocenters. The van der Waals surface area contributed by atoms with Gasteiger partial charge in [-0.15, -0.1) is 13.2 Å². The highest BCUT2D eigenvalue weighted by Gasteiger charge is 2.48. The Labute approximate surface area is 204 Å².